The summed E-state index contributed by atoms with van der Waals surface area (Å²) in [7, 11) is 3.98. The Bertz CT molecular complexity index is 969. The van der Waals surface area contributed by atoms with E-state index in [2.05, 4.69) is 21.4 Å². The predicted molar refractivity (Wildman–Crippen MR) is 119 cm³/mol. The molecule has 2 atom stereocenters. The van der Waals surface area contributed by atoms with Crippen LogP contribution in [0.1, 0.15) is 28.3 Å². The van der Waals surface area contributed by atoms with Crippen LogP contribution in [0.3, 0.4) is 0 Å². The van der Waals surface area contributed by atoms with Gasteiger partial charge in [0.25, 0.3) is 0 Å². The Balaban J connectivity index is 2.34. The van der Waals surface area contributed by atoms with Gasteiger partial charge in [-0.1, -0.05) is 23.9 Å². The van der Waals surface area contributed by atoms with Crippen LogP contribution in [0.2, 0.25) is 0 Å². The molecule has 1 aliphatic heterocycles. The highest BCUT2D eigenvalue weighted by atomic mass is 32.2. The number of rotatable bonds is 10. The number of nitrogens with zero attached hydrogens (tertiary/aromatic N) is 1. The van der Waals surface area contributed by atoms with Gasteiger partial charge >= 0.3 is 11.9 Å². The molecule has 0 saturated carbocycles. The molecule has 1 aliphatic rings. The van der Waals surface area contributed by atoms with Crippen LogP contribution in [0.5, 0.6) is 0 Å². The van der Waals surface area contributed by atoms with Gasteiger partial charge in [-0.05, 0) is 24.1 Å². The number of nitriles is 1. The molecule has 2 rings (SSSR count). The fourth-order valence-corrected chi connectivity index (χ4v) is 4.14. The molecule has 1 aromatic rings. The summed E-state index contributed by atoms with van der Waals surface area (Å²) < 4.78 is 14.4. The van der Waals surface area contributed by atoms with Crippen LogP contribution in [0.25, 0.3) is 0 Å². The molecule has 0 radical (unpaired) electrons. The summed E-state index contributed by atoms with van der Waals surface area (Å²) in [6.45, 7) is 0.946. The third kappa shape index (κ3) is 6.57. The highest BCUT2D eigenvalue weighted by molar-refractivity contribution is 8.03. The van der Waals surface area contributed by atoms with Gasteiger partial charge in [0.05, 0.1) is 42.2 Å². The molecule has 0 fully saturated rings. The van der Waals surface area contributed by atoms with E-state index in [1.54, 1.807) is 19.2 Å². The lowest BCUT2D eigenvalue weighted by atomic mass is 9.78. The molecule has 0 bridgehead atoms. The second kappa shape index (κ2) is 12.6. The van der Waals surface area contributed by atoms with Crippen molar-refractivity contribution in [1.29, 1.82) is 5.26 Å². The maximum Gasteiger partial charge on any atom is 0.337 e. The number of hydrogen-bond acceptors (Lipinski definition) is 9. The molecular weight excluding hydrogens is 450 g/mol. The van der Waals surface area contributed by atoms with E-state index in [0.717, 1.165) is 18.9 Å². The second-order valence-electron chi connectivity index (χ2n) is 6.92. The summed E-state index contributed by atoms with van der Waals surface area (Å²) >= 11 is 0.993. The lowest BCUT2D eigenvalue weighted by Crippen LogP contribution is -2.44. The highest BCUT2D eigenvalue weighted by Gasteiger charge is 2.44. The van der Waals surface area contributed by atoms with E-state index in [-0.39, 0.29) is 27.8 Å². The number of allylic oxidation sites excluding steroid dienone is 1. The number of carbonyl (C=O) groups is 4. The van der Waals surface area contributed by atoms with Gasteiger partial charge in [-0.15, -0.1) is 0 Å². The second-order valence-corrected chi connectivity index (χ2v) is 7.91. The topological polar surface area (TPSA) is 144 Å². The molecule has 0 spiro atoms. The van der Waals surface area contributed by atoms with Crippen molar-refractivity contribution in [3.05, 3.63) is 46.0 Å². The lowest BCUT2D eigenvalue weighted by molar-refractivity contribution is -0.150. The molecule has 0 unspecified atom stereocenters. The Morgan fingerprint density at radius 3 is 2.42 bits per heavy atom. The van der Waals surface area contributed by atoms with E-state index in [9.17, 15) is 24.4 Å². The average molecular weight is 476 g/mol. The number of methoxy groups -OCH3 is 3. The zero-order valence-corrected chi connectivity index (χ0v) is 19.3. The van der Waals surface area contributed by atoms with Crippen molar-refractivity contribution in [1.82, 2.24) is 10.6 Å². The molecule has 10 nitrogen and oxygen atoms in total. The number of nitrogens with one attached hydrogen (secondary N) is 2. The van der Waals surface area contributed by atoms with Crippen LogP contribution in [-0.4, -0.2) is 64.0 Å². The maximum absolute atomic E-state index is 12.8. The number of ether oxygens (including phenoxy) is 3. The minimum atomic E-state index is -1.30. The number of amides is 2. The molecule has 0 aliphatic carbocycles. The first-order valence-electron chi connectivity index (χ1n) is 9.97. The van der Waals surface area contributed by atoms with Crippen LogP contribution in [0.15, 0.2) is 34.9 Å². The van der Waals surface area contributed by atoms with E-state index in [1.165, 1.54) is 19.2 Å². The van der Waals surface area contributed by atoms with Crippen molar-refractivity contribution in [2.24, 2.45) is 5.92 Å². The largest absolute Gasteiger partial charge is 0.468 e. The van der Waals surface area contributed by atoms with Gasteiger partial charge in [0.15, 0.2) is 0 Å². The summed E-state index contributed by atoms with van der Waals surface area (Å²) in [5.41, 5.74) is 0.859. The van der Waals surface area contributed by atoms with Crippen molar-refractivity contribution in [2.45, 2.75) is 12.3 Å². The number of hydrogen-bond donors (Lipinski definition) is 2. The van der Waals surface area contributed by atoms with Crippen molar-refractivity contribution in [3.63, 3.8) is 0 Å². The van der Waals surface area contributed by atoms with Crippen molar-refractivity contribution >= 4 is 35.5 Å². The summed E-state index contributed by atoms with van der Waals surface area (Å²) in [5, 5.41) is 15.4. The normalized spacial score (nSPS) is 17.6. The molecule has 176 valence electrons. The molecule has 11 heteroatoms. The van der Waals surface area contributed by atoms with E-state index in [1.807, 2.05) is 0 Å². The van der Waals surface area contributed by atoms with Crippen molar-refractivity contribution in [3.8, 4) is 6.07 Å². The van der Waals surface area contributed by atoms with Crippen molar-refractivity contribution in [2.75, 3.05) is 40.2 Å². The summed E-state index contributed by atoms with van der Waals surface area (Å²) in [5.74, 6) is -4.56. The molecular formula is C22H25N3O7S. The van der Waals surface area contributed by atoms with Gasteiger partial charge in [-0.3, -0.25) is 14.4 Å². The molecule has 1 heterocycles. The van der Waals surface area contributed by atoms with Crippen LogP contribution >= 0.6 is 11.8 Å². The summed E-state index contributed by atoms with van der Waals surface area (Å²) in [4.78, 5) is 49.1. The number of thioether (sulfide) groups is 1. The molecule has 0 aromatic heterocycles. The van der Waals surface area contributed by atoms with Crippen LogP contribution in [-0.2, 0) is 28.6 Å². The lowest BCUT2D eigenvalue weighted by Gasteiger charge is -2.31. The smallest absolute Gasteiger partial charge is 0.337 e. The molecule has 1 aromatic carbocycles. The maximum atomic E-state index is 12.8. The Labute approximate surface area is 195 Å². The minimum absolute atomic E-state index is 0.0370. The monoisotopic (exact) mass is 475 g/mol. The molecule has 0 saturated heterocycles. The van der Waals surface area contributed by atoms with Gasteiger partial charge < -0.3 is 24.8 Å². The first kappa shape index (κ1) is 25.9. The number of esters is 2. The van der Waals surface area contributed by atoms with E-state index in [4.69, 9.17) is 9.47 Å². The summed E-state index contributed by atoms with van der Waals surface area (Å²) in [6, 6.07) is 8.13. The van der Waals surface area contributed by atoms with E-state index in [0.29, 0.717) is 25.1 Å². The first-order valence-corrected chi connectivity index (χ1v) is 11.0. The van der Waals surface area contributed by atoms with Crippen LogP contribution in [0, 0.1) is 17.2 Å². The standard InChI is InChI=1S/C22H25N3O7S/c1-30-10-4-9-24-16(26)12-33-20-15(11-23)17(18(19(27)25-20)22(29)32-3)13-5-7-14(8-6-13)21(28)31-2/h5-8,17-18H,4,9-10,12H2,1-3H3,(H,24,26)(H,25,27)/t17-,18-/m1/s1. The average Bonchev–Trinajstić information content (AvgIpc) is 2.84. The Kier molecular flexibility index (Phi) is 9.90. The van der Waals surface area contributed by atoms with Crippen LogP contribution in [0.4, 0.5) is 0 Å². The fourth-order valence-electron chi connectivity index (χ4n) is 3.26. The number of carbonyl (C=O) groups excluding carboxylic acids is 4. The van der Waals surface area contributed by atoms with Gasteiger partial charge in [0, 0.05) is 26.2 Å². The van der Waals surface area contributed by atoms with Gasteiger partial charge in [0.1, 0.15) is 5.92 Å². The first-order chi connectivity index (χ1) is 15.9. The summed E-state index contributed by atoms with van der Waals surface area (Å²) in [6.07, 6.45) is 0.653. The molecule has 2 N–H and O–H groups in total. The highest BCUT2D eigenvalue weighted by Crippen LogP contribution is 2.40. The van der Waals surface area contributed by atoms with Crippen LogP contribution < -0.4 is 10.6 Å². The third-order valence-electron chi connectivity index (χ3n) is 4.87. The zero-order valence-electron chi connectivity index (χ0n) is 18.5. The molecule has 2 amide bonds. The number of benzene rings is 1. The zero-order chi connectivity index (χ0) is 24.4. The van der Waals surface area contributed by atoms with Gasteiger partial charge in [0.2, 0.25) is 11.8 Å². The third-order valence-corrected chi connectivity index (χ3v) is 5.89. The van der Waals surface area contributed by atoms with Crippen molar-refractivity contribution < 1.29 is 33.4 Å². The Hall–Kier alpha value is -3.36. The van der Waals surface area contributed by atoms with E-state index < -0.39 is 29.7 Å². The Morgan fingerprint density at radius 2 is 1.85 bits per heavy atom. The van der Waals surface area contributed by atoms with Gasteiger partial charge in [-0.2, -0.15) is 5.26 Å². The van der Waals surface area contributed by atoms with E-state index >= 15 is 0 Å². The quantitative estimate of drug-likeness (QED) is 0.289. The fraction of sp³-hybridized carbons (Fsp3) is 0.409. The Morgan fingerprint density at radius 1 is 1.15 bits per heavy atom. The predicted octanol–water partition coefficient (Wildman–Crippen LogP) is 1.10. The molecule has 33 heavy (non-hydrogen) atoms. The minimum Gasteiger partial charge on any atom is -0.468 e. The SMILES string of the molecule is COCCCNC(=O)CSC1=C(C#N)[C@@H](c2ccc(C(=O)OC)cc2)[C@@H](C(=O)OC)C(=O)N1. The van der Waals surface area contributed by atoms with Gasteiger partial charge in [-0.25, -0.2) is 4.79 Å².